The van der Waals surface area contributed by atoms with E-state index in [9.17, 15) is 4.79 Å². The summed E-state index contributed by atoms with van der Waals surface area (Å²) < 4.78 is 0. The minimum Gasteiger partial charge on any atom is -0.367 e. The zero-order chi connectivity index (χ0) is 10.3. The highest BCUT2D eigenvalue weighted by Crippen LogP contribution is 1.98. The predicted molar refractivity (Wildman–Crippen MR) is 47.9 cm³/mol. The smallest absolute Gasteiger partial charge is 0.312 e. The molecule has 0 saturated carbocycles. The average Bonchev–Trinajstić information content (AvgIpc) is 2.03. The van der Waals surface area contributed by atoms with Gasteiger partial charge in [-0.05, 0) is 19.9 Å². The fourth-order valence-corrected chi connectivity index (χ4v) is 0.976. The van der Waals surface area contributed by atoms with Crippen LogP contribution in [-0.2, 0) is 0 Å². The molecule has 0 aromatic heterocycles. The van der Waals surface area contributed by atoms with E-state index in [0.29, 0.717) is 19.4 Å². The van der Waals surface area contributed by atoms with Gasteiger partial charge >= 0.3 is 6.03 Å². The molecule has 0 fully saturated rings. The van der Waals surface area contributed by atoms with Crippen molar-refractivity contribution in [1.82, 2.24) is 10.6 Å². The van der Waals surface area contributed by atoms with Crippen LogP contribution < -0.4 is 16.4 Å². The molecule has 0 aromatic carbocycles. The lowest BCUT2D eigenvalue weighted by Gasteiger charge is -2.17. The Morgan fingerprint density at radius 3 is 2.54 bits per heavy atom. The molecular formula is C7H17N3O3. The van der Waals surface area contributed by atoms with Gasteiger partial charge in [-0.1, -0.05) is 0 Å². The molecule has 0 heterocycles. The van der Waals surface area contributed by atoms with Gasteiger partial charge in [0.05, 0.1) is 6.04 Å². The number of carbonyl (C=O) groups excluding carboxylic acids is 1. The second-order valence-electron chi connectivity index (χ2n) is 2.74. The molecule has 0 radical (unpaired) electrons. The van der Waals surface area contributed by atoms with Gasteiger partial charge in [0.15, 0.2) is 6.29 Å². The molecule has 0 aliphatic carbocycles. The molecule has 0 rings (SSSR count). The van der Waals surface area contributed by atoms with Crippen molar-refractivity contribution in [2.24, 2.45) is 5.73 Å². The van der Waals surface area contributed by atoms with Crippen LogP contribution in [0.15, 0.2) is 0 Å². The highest BCUT2D eigenvalue weighted by Gasteiger charge is 2.12. The summed E-state index contributed by atoms with van der Waals surface area (Å²) in [7, 11) is 1.64. The fraction of sp³-hybridized carbons (Fsp3) is 0.857. The number of nitrogens with two attached hydrogens (primary N) is 1. The van der Waals surface area contributed by atoms with E-state index < -0.39 is 12.3 Å². The highest BCUT2D eigenvalue weighted by atomic mass is 16.5. The number of primary amides is 1. The van der Waals surface area contributed by atoms with Gasteiger partial charge in [0.1, 0.15) is 0 Å². The first kappa shape index (κ1) is 12.2. The monoisotopic (exact) mass is 191 g/mol. The summed E-state index contributed by atoms with van der Waals surface area (Å²) in [6.45, 7) is 0.445. The van der Waals surface area contributed by atoms with Crippen LogP contribution in [0.2, 0.25) is 0 Å². The molecule has 0 aliphatic heterocycles. The van der Waals surface area contributed by atoms with Crippen LogP contribution in [-0.4, -0.2) is 42.2 Å². The number of carbonyl (C=O) groups is 1. The summed E-state index contributed by atoms with van der Waals surface area (Å²) in [5.74, 6) is 0. The normalized spacial score (nSPS) is 12.9. The molecule has 1 unspecified atom stereocenters. The van der Waals surface area contributed by atoms with Crippen molar-refractivity contribution in [2.75, 3.05) is 13.6 Å². The molecule has 0 bridgehead atoms. The number of urea groups is 1. The Bertz CT molecular complexity index is 152. The van der Waals surface area contributed by atoms with Crippen LogP contribution in [0.1, 0.15) is 12.8 Å². The van der Waals surface area contributed by atoms with Crippen molar-refractivity contribution in [3.8, 4) is 0 Å². The fourth-order valence-electron chi connectivity index (χ4n) is 0.976. The molecule has 6 heteroatoms. The summed E-state index contributed by atoms with van der Waals surface area (Å²) in [5.41, 5.74) is 4.84. The summed E-state index contributed by atoms with van der Waals surface area (Å²) in [6, 6.07) is -0.930. The van der Waals surface area contributed by atoms with E-state index in [1.165, 1.54) is 0 Å². The van der Waals surface area contributed by atoms with E-state index in [4.69, 9.17) is 15.9 Å². The lowest BCUT2D eigenvalue weighted by atomic mass is 10.1. The third-order valence-electron chi connectivity index (χ3n) is 1.72. The molecule has 13 heavy (non-hydrogen) atoms. The zero-order valence-corrected chi connectivity index (χ0v) is 7.66. The average molecular weight is 191 g/mol. The Morgan fingerprint density at radius 1 is 1.54 bits per heavy atom. The largest absolute Gasteiger partial charge is 0.367 e. The van der Waals surface area contributed by atoms with Gasteiger partial charge in [-0.2, -0.15) is 0 Å². The molecule has 0 saturated heterocycles. The number of hydrogen-bond donors (Lipinski definition) is 5. The van der Waals surface area contributed by atoms with Crippen molar-refractivity contribution < 1.29 is 15.0 Å². The van der Waals surface area contributed by atoms with E-state index in [1.54, 1.807) is 7.05 Å². The third-order valence-corrected chi connectivity index (χ3v) is 1.72. The maximum atomic E-state index is 10.2. The minimum atomic E-state index is -1.38. The number of aliphatic hydroxyl groups excluding tert-OH is 1. The lowest BCUT2D eigenvalue weighted by Crippen LogP contribution is -2.38. The van der Waals surface area contributed by atoms with E-state index in [-0.39, 0.29) is 6.04 Å². The summed E-state index contributed by atoms with van der Waals surface area (Å²) in [6.07, 6.45) is -0.167. The Labute approximate surface area is 77.1 Å². The van der Waals surface area contributed by atoms with E-state index in [2.05, 4.69) is 10.6 Å². The summed E-state index contributed by atoms with van der Waals surface area (Å²) in [4.78, 5) is 10.2. The number of amides is 2. The second kappa shape index (κ2) is 6.64. The van der Waals surface area contributed by atoms with E-state index in [0.717, 1.165) is 0 Å². The van der Waals surface area contributed by atoms with Crippen molar-refractivity contribution in [3.63, 3.8) is 0 Å². The molecule has 0 aromatic rings. The zero-order valence-electron chi connectivity index (χ0n) is 7.66. The first-order valence-corrected chi connectivity index (χ1v) is 4.14. The molecule has 0 spiro atoms. The summed E-state index contributed by atoms with van der Waals surface area (Å²) in [5, 5.41) is 22.8. The maximum Gasteiger partial charge on any atom is 0.312 e. The number of rotatable bonds is 6. The van der Waals surface area contributed by atoms with Gasteiger partial charge in [0, 0.05) is 6.54 Å². The topological polar surface area (TPSA) is 108 Å². The number of likely N-dealkylation sites (N-methyl/N-ethyl adjacent to an activating group) is 1. The third kappa shape index (κ3) is 6.32. The Hall–Kier alpha value is -0.850. The van der Waals surface area contributed by atoms with Crippen LogP contribution >= 0.6 is 0 Å². The maximum absolute atomic E-state index is 10.2. The van der Waals surface area contributed by atoms with Crippen molar-refractivity contribution in [2.45, 2.75) is 25.2 Å². The number of nitrogens with one attached hydrogen (secondary N) is 2. The molecular weight excluding hydrogens is 174 g/mol. The predicted octanol–water partition coefficient (Wildman–Crippen LogP) is -1.67. The van der Waals surface area contributed by atoms with Gasteiger partial charge in [-0.25, -0.2) is 4.79 Å². The van der Waals surface area contributed by atoms with Crippen LogP contribution in [0.5, 0.6) is 0 Å². The van der Waals surface area contributed by atoms with E-state index in [1.807, 2.05) is 0 Å². The van der Waals surface area contributed by atoms with Gasteiger partial charge in [-0.15, -0.1) is 0 Å². The minimum absolute atomic E-state index is 0.366. The van der Waals surface area contributed by atoms with Crippen molar-refractivity contribution in [1.29, 1.82) is 0 Å². The standard InChI is InChI=1S/C7H17N3O3/c1-9-5(6(11)12)3-2-4-10-7(8)13/h5-6,9,11-12H,2-4H2,1H3,(H3,8,10,13). The molecule has 2 amide bonds. The van der Waals surface area contributed by atoms with Gasteiger partial charge in [0.25, 0.3) is 0 Å². The SMILES string of the molecule is CNC(CCCNC(N)=O)C(O)O. The van der Waals surface area contributed by atoms with Crippen LogP contribution in [0.3, 0.4) is 0 Å². The van der Waals surface area contributed by atoms with Crippen LogP contribution in [0, 0.1) is 0 Å². The quantitative estimate of drug-likeness (QED) is 0.255. The number of aliphatic hydroxyl groups is 2. The molecule has 1 atom stereocenters. The second-order valence-corrected chi connectivity index (χ2v) is 2.74. The molecule has 6 N–H and O–H groups in total. The van der Waals surface area contributed by atoms with Gasteiger partial charge < -0.3 is 26.6 Å². The Morgan fingerprint density at radius 2 is 2.15 bits per heavy atom. The molecule has 6 nitrogen and oxygen atoms in total. The first-order chi connectivity index (χ1) is 6.07. The van der Waals surface area contributed by atoms with Gasteiger partial charge in [0.2, 0.25) is 0 Å². The first-order valence-electron chi connectivity index (χ1n) is 4.14. The molecule has 0 aliphatic rings. The molecule has 78 valence electrons. The Balaban J connectivity index is 3.44. The summed E-state index contributed by atoms with van der Waals surface area (Å²) >= 11 is 0. The van der Waals surface area contributed by atoms with Gasteiger partial charge in [-0.3, -0.25) is 0 Å². The van der Waals surface area contributed by atoms with Crippen LogP contribution in [0.4, 0.5) is 4.79 Å². The number of hydrogen-bond acceptors (Lipinski definition) is 4. The lowest BCUT2D eigenvalue weighted by molar-refractivity contribution is -0.0672. The Kier molecular flexibility index (Phi) is 6.21. The highest BCUT2D eigenvalue weighted by molar-refractivity contribution is 5.71. The van der Waals surface area contributed by atoms with Crippen LogP contribution in [0.25, 0.3) is 0 Å². The van der Waals surface area contributed by atoms with E-state index >= 15 is 0 Å². The van der Waals surface area contributed by atoms with Crippen molar-refractivity contribution in [3.05, 3.63) is 0 Å². The van der Waals surface area contributed by atoms with Crippen molar-refractivity contribution >= 4 is 6.03 Å².